The number of hydrogen-bond donors (Lipinski definition) is 2. The van der Waals surface area contributed by atoms with Crippen LogP contribution in [-0.2, 0) is 0 Å². The van der Waals surface area contributed by atoms with Crippen molar-refractivity contribution in [2.75, 3.05) is 18.4 Å². The SMILES string of the molecule is c1ccc2c(c1)NC[C@@H]1CCN[C@H]21. The first-order valence-electron chi connectivity index (χ1n) is 5.01. The lowest BCUT2D eigenvalue weighted by Crippen LogP contribution is -2.28. The molecule has 0 unspecified atom stereocenters. The maximum Gasteiger partial charge on any atom is 0.0388 e. The van der Waals surface area contributed by atoms with Crippen molar-refractivity contribution in [2.24, 2.45) is 5.92 Å². The molecule has 0 amide bonds. The third-order valence-electron chi connectivity index (χ3n) is 3.20. The Bertz CT molecular complexity index is 322. The van der Waals surface area contributed by atoms with E-state index in [4.69, 9.17) is 0 Å². The molecule has 3 rings (SSSR count). The van der Waals surface area contributed by atoms with E-state index < -0.39 is 0 Å². The van der Waals surface area contributed by atoms with E-state index in [-0.39, 0.29) is 0 Å². The van der Waals surface area contributed by atoms with Crippen LogP contribution in [0.1, 0.15) is 18.0 Å². The summed E-state index contributed by atoms with van der Waals surface area (Å²) >= 11 is 0. The van der Waals surface area contributed by atoms with E-state index in [9.17, 15) is 0 Å². The summed E-state index contributed by atoms with van der Waals surface area (Å²) in [6.45, 7) is 2.31. The zero-order chi connectivity index (χ0) is 8.67. The van der Waals surface area contributed by atoms with Gasteiger partial charge in [-0.25, -0.2) is 0 Å². The van der Waals surface area contributed by atoms with Crippen molar-refractivity contribution < 1.29 is 0 Å². The Kier molecular flexibility index (Phi) is 1.56. The van der Waals surface area contributed by atoms with Gasteiger partial charge in [-0.15, -0.1) is 0 Å². The number of anilines is 1. The Balaban J connectivity index is 2.06. The van der Waals surface area contributed by atoms with Gasteiger partial charge in [-0.2, -0.15) is 0 Å². The molecule has 0 aliphatic carbocycles. The van der Waals surface area contributed by atoms with E-state index in [1.165, 1.54) is 24.2 Å². The summed E-state index contributed by atoms with van der Waals surface area (Å²) in [5.41, 5.74) is 2.77. The molecule has 13 heavy (non-hydrogen) atoms. The zero-order valence-electron chi connectivity index (χ0n) is 7.59. The van der Waals surface area contributed by atoms with Gasteiger partial charge < -0.3 is 10.6 Å². The van der Waals surface area contributed by atoms with Gasteiger partial charge in [-0.3, -0.25) is 0 Å². The number of nitrogens with one attached hydrogen (secondary N) is 2. The molecule has 2 aliphatic heterocycles. The highest BCUT2D eigenvalue weighted by atomic mass is 15.0. The Morgan fingerprint density at radius 1 is 1.23 bits per heavy atom. The molecule has 2 nitrogen and oxygen atoms in total. The fourth-order valence-corrected chi connectivity index (χ4v) is 2.51. The molecule has 1 aromatic rings. The lowest BCUT2D eigenvalue weighted by atomic mass is 9.90. The molecule has 2 atom stereocenters. The standard InChI is InChI=1S/C11H14N2/c1-2-4-10-9(3-1)11-8(7-13-10)5-6-12-11/h1-4,8,11-13H,5-7H2/t8-,11-/m0/s1. The fourth-order valence-electron chi connectivity index (χ4n) is 2.51. The highest BCUT2D eigenvalue weighted by molar-refractivity contribution is 5.55. The minimum Gasteiger partial charge on any atom is -0.384 e. The second-order valence-corrected chi connectivity index (χ2v) is 3.95. The molecule has 0 bridgehead atoms. The average molecular weight is 174 g/mol. The quantitative estimate of drug-likeness (QED) is 0.626. The van der Waals surface area contributed by atoms with E-state index in [0.29, 0.717) is 6.04 Å². The number of benzene rings is 1. The van der Waals surface area contributed by atoms with Crippen LogP contribution in [0, 0.1) is 5.92 Å². The molecule has 0 spiro atoms. The van der Waals surface area contributed by atoms with Crippen molar-refractivity contribution in [2.45, 2.75) is 12.5 Å². The molecule has 0 aromatic heterocycles. The molecule has 1 fully saturated rings. The predicted molar refractivity (Wildman–Crippen MR) is 53.8 cm³/mol. The molecular formula is C11H14N2. The van der Waals surface area contributed by atoms with Crippen molar-refractivity contribution in [3.63, 3.8) is 0 Å². The second kappa shape index (κ2) is 2.74. The van der Waals surface area contributed by atoms with Crippen LogP contribution in [0.2, 0.25) is 0 Å². The van der Waals surface area contributed by atoms with Crippen LogP contribution in [0.25, 0.3) is 0 Å². The molecule has 2 heteroatoms. The molecule has 68 valence electrons. The van der Waals surface area contributed by atoms with Gasteiger partial charge in [-0.05, 0) is 30.5 Å². The summed E-state index contributed by atoms with van der Waals surface area (Å²) in [7, 11) is 0. The summed E-state index contributed by atoms with van der Waals surface area (Å²) in [5, 5.41) is 7.07. The van der Waals surface area contributed by atoms with E-state index >= 15 is 0 Å². The van der Waals surface area contributed by atoms with Crippen molar-refractivity contribution in [1.82, 2.24) is 5.32 Å². The molecule has 0 radical (unpaired) electrons. The third-order valence-corrected chi connectivity index (χ3v) is 3.20. The second-order valence-electron chi connectivity index (χ2n) is 3.95. The normalized spacial score (nSPS) is 30.5. The molecule has 2 aliphatic rings. The van der Waals surface area contributed by atoms with Crippen LogP contribution >= 0.6 is 0 Å². The van der Waals surface area contributed by atoms with Crippen LogP contribution in [-0.4, -0.2) is 13.1 Å². The topological polar surface area (TPSA) is 24.1 Å². The van der Waals surface area contributed by atoms with Crippen molar-refractivity contribution in [1.29, 1.82) is 0 Å². The summed E-state index contributed by atoms with van der Waals surface area (Å²) in [6.07, 6.45) is 1.31. The van der Waals surface area contributed by atoms with Crippen LogP contribution in [0.3, 0.4) is 0 Å². The highest BCUT2D eigenvalue weighted by Crippen LogP contribution is 2.37. The highest BCUT2D eigenvalue weighted by Gasteiger charge is 2.32. The van der Waals surface area contributed by atoms with E-state index in [2.05, 4.69) is 34.9 Å². The molecule has 2 heterocycles. The minimum absolute atomic E-state index is 0.609. The average Bonchev–Trinajstić information content (AvgIpc) is 2.65. The van der Waals surface area contributed by atoms with Crippen molar-refractivity contribution in [3.8, 4) is 0 Å². The zero-order valence-corrected chi connectivity index (χ0v) is 7.59. The predicted octanol–water partition coefficient (Wildman–Crippen LogP) is 1.76. The summed E-state index contributed by atoms with van der Waals surface area (Å²) in [5.74, 6) is 0.801. The van der Waals surface area contributed by atoms with Crippen molar-refractivity contribution >= 4 is 5.69 Å². The summed E-state index contributed by atoms with van der Waals surface area (Å²) < 4.78 is 0. The van der Waals surface area contributed by atoms with Gasteiger partial charge in [0.1, 0.15) is 0 Å². The molecular weight excluding hydrogens is 160 g/mol. The van der Waals surface area contributed by atoms with Gasteiger partial charge in [-0.1, -0.05) is 18.2 Å². The number of rotatable bonds is 0. The molecule has 1 aromatic carbocycles. The number of hydrogen-bond acceptors (Lipinski definition) is 2. The van der Waals surface area contributed by atoms with E-state index in [1.54, 1.807) is 0 Å². The summed E-state index contributed by atoms with van der Waals surface area (Å²) in [4.78, 5) is 0. The van der Waals surface area contributed by atoms with Gasteiger partial charge >= 0.3 is 0 Å². The fraction of sp³-hybridized carbons (Fsp3) is 0.455. The lowest BCUT2D eigenvalue weighted by Gasteiger charge is -2.29. The number of para-hydroxylation sites is 1. The van der Waals surface area contributed by atoms with Gasteiger partial charge in [0, 0.05) is 18.3 Å². The first-order valence-corrected chi connectivity index (χ1v) is 5.01. The molecule has 0 saturated carbocycles. The van der Waals surface area contributed by atoms with Crippen LogP contribution < -0.4 is 10.6 Å². The smallest absolute Gasteiger partial charge is 0.0388 e. The van der Waals surface area contributed by atoms with Crippen LogP contribution in [0.4, 0.5) is 5.69 Å². The number of fused-ring (bicyclic) bond motifs is 3. The molecule has 2 N–H and O–H groups in total. The monoisotopic (exact) mass is 174 g/mol. The van der Waals surface area contributed by atoms with Gasteiger partial charge in [0.05, 0.1) is 0 Å². The Morgan fingerprint density at radius 3 is 3.15 bits per heavy atom. The Labute approximate surface area is 78.3 Å². The van der Waals surface area contributed by atoms with Crippen molar-refractivity contribution in [3.05, 3.63) is 29.8 Å². The molecule has 1 saturated heterocycles. The Morgan fingerprint density at radius 2 is 2.15 bits per heavy atom. The lowest BCUT2D eigenvalue weighted by molar-refractivity contribution is 0.470. The first kappa shape index (κ1) is 7.39. The van der Waals surface area contributed by atoms with Crippen LogP contribution in [0.15, 0.2) is 24.3 Å². The van der Waals surface area contributed by atoms with Gasteiger partial charge in [0.15, 0.2) is 0 Å². The Hall–Kier alpha value is -1.02. The van der Waals surface area contributed by atoms with E-state index in [1.807, 2.05) is 0 Å². The van der Waals surface area contributed by atoms with Gasteiger partial charge in [0.2, 0.25) is 0 Å². The van der Waals surface area contributed by atoms with E-state index in [0.717, 1.165) is 12.5 Å². The minimum atomic E-state index is 0.609. The maximum absolute atomic E-state index is 3.57. The van der Waals surface area contributed by atoms with Crippen LogP contribution in [0.5, 0.6) is 0 Å². The third kappa shape index (κ3) is 1.05. The maximum atomic E-state index is 3.57. The van der Waals surface area contributed by atoms with Gasteiger partial charge in [0.25, 0.3) is 0 Å². The largest absolute Gasteiger partial charge is 0.384 e. The summed E-state index contributed by atoms with van der Waals surface area (Å²) in [6, 6.07) is 9.24. The first-order chi connectivity index (χ1) is 6.45.